The summed E-state index contributed by atoms with van der Waals surface area (Å²) < 4.78 is 5.88. The molecule has 15 heavy (non-hydrogen) atoms. The Bertz CT molecular complexity index is 168. The minimum atomic E-state index is -0.117. The second kappa shape index (κ2) is 5.93. The third-order valence-electron chi connectivity index (χ3n) is 2.56. The molecule has 0 N–H and O–H groups in total. The summed E-state index contributed by atoms with van der Waals surface area (Å²) in [6.07, 6.45) is 3.26. The van der Waals surface area contributed by atoms with Gasteiger partial charge in [-0.25, -0.2) is 0 Å². The zero-order valence-corrected chi connectivity index (χ0v) is 11.4. The molecule has 0 heterocycles. The van der Waals surface area contributed by atoms with Crippen molar-refractivity contribution in [2.75, 3.05) is 6.61 Å². The van der Waals surface area contributed by atoms with Crippen LogP contribution in [0.25, 0.3) is 0 Å². The van der Waals surface area contributed by atoms with Gasteiger partial charge in [0.2, 0.25) is 0 Å². The molecule has 2 heteroatoms. The summed E-state index contributed by atoms with van der Waals surface area (Å²) in [5.41, 5.74) is -0.00444. The summed E-state index contributed by atoms with van der Waals surface area (Å²) in [5.74, 6) is 0.749. The molecule has 0 saturated heterocycles. The van der Waals surface area contributed by atoms with E-state index < -0.39 is 0 Å². The number of rotatable bonds is 7. The van der Waals surface area contributed by atoms with Crippen molar-refractivity contribution in [2.45, 2.75) is 71.7 Å². The van der Waals surface area contributed by atoms with Crippen molar-refractivity contribution in [3.8, 4) is 0 Å². The molecule has 0 aliphatic rings. The zero-order chi connectivity index (χ0) is 12.1. The average Bonchev–Trinajstić information content (AvgIpc) is 1.98. The van der Waals surface area contributed by atoms with Crippen LogP contribution in [0.3, 0.4) is 0 Å². The van der Waals surface area contributed by atoms with Gasteiger partial charge >= 0.3 is 0 Å². The molecule has 0 rings (SSSR count). The molecule has 0 saturated carbocycles. The predicted molar refractivity (Wildman–Crippen MR) is 68.5 cm³/mol. The van der Waals surface area contributed by atoms with Crippen molar-refractivity contribution in [2.24, 2.45) is 5.92 Å². The van der Waals surface area contributed by atoms with Crippen molar-refractivity contribution in [1.29, 1.82) is 0 Å². The molecule has 0 unspecified atom stereocenters. The third kappa shape index (κ3) is 10.3. The van der Waals surface area contributed by atoms with Crippen LogP contribution >= 0.6 is 0 Å². The number of hydrogen-bond acceptors (Lipinski definition) is 1. The molecule has 0 atom stereocenters. The van der Waals surface area contributed by atoms with Crippen molar-refractivity contribution < 1.29 is 4.74 Å². The zero-order valence-electron chi connectivity index (χ0n) is 11.4. The van der Waals surface area contributed by atoms with Crippen LogP contribution in [0, 0.1) is 5.92 Å². The van der Waals surface area contributed by atoms with Crippen LogP contribution < -0.4 is 0 Å². The molecular formula is C13H27BO. The summed E-state index contributed by atoms with van der Waals surface area (Å²) in [7, 11) is 5.91. The van der Waals surface area contributed by atoms with E-state index in [1.54, 1.807) is 0 Å². The van der Waals surface area contributed by atoms with E-state index in [-0.39, 0.29) is 10.9 Å². The Morgan fingerprint density at radius 3 is 2.00 bits per heavy atom. The molecule has 0 amide bonds. The van der Waals surface area contributed by atoms with Gasteiger partial charge in [0.05, 0.1) is 13.4 Å². The standard InChI is InChI=1S/C13H27BO/c1-11(2)7-8-13(5,6)15-10-9-12(3,4)14/h11H,7-10H2,1-6H3. The largest absolute Gasteiger partial charge is 0.376 e. The molecule has 0 aromatic rings. The Hall–Kier alpha value is 0.0249. The highest BCUT2D eigenvalue weighted by Crippen LogP contribution is 2.26. The van der Waals surface area contributed by atoms with Gasteiger partial charge in [-0.15, -0.1) is 0 Å². The minimum Gasteiger partial charge on any atom is -0.376 e. The lowest BCUT2D eigenvalue weighted by Gasteiger charge is -2.28. The topological polar surface area (TPSA) is 9.23 Å². The van der Waals surface area contributed by atoms with Crippen LogP contribution in [0.4, 0.5) is 0 Å². The maximum atomic E-state index is 5.91. The second-order valence-corrected chi connectivity index (χ2v) is 6.28. The summed E-state index contributed by atoms with van der Waals surface area (Å²) >= 11 is 0. The number of hydrogen-bond donors (Lipinski definition) is 0. The molecule has 0 spiro atoms. The SMILES string of the molecule is [B]C(C)(C)CCOC(C)(C)CCC(C)C. The van der Waals surface area contributed by atoms with E-state index in [4.69, 9.17) is 12.6 Å². The van der Waals surface area contributed by atoms with Gasteiger partial charge in [0, 0.05) is 6.61 Å². The van der Waals surface area contributed by atoms with E-state index in [0.717, 1.165) is 25.4 Å². The highest BCUT2D eigenvalue weighted by molar-refractivity contribution is 6.14. The van der Waals surface area contributed by atoms with Crippen LogP contribution in [-0.2, 0) is 4.74 Å². The van der Waals surface area contributed by atoms with Gasteiger partial charge in [-0.2, -0.15) is 0 Å². The van der Waals surface area contributed by atoms with Crippen LogP contribution in [0.15, 0.2) is 0 Å². The van der Waals surface area contributed by atoms with E-state index in [0.29, 0.717) is 0 Å². The van der Waals surface area contributed by atoms with E-state index in [1.807, 2.05) is 13.8 Å². The first-order valence-electron chi connectivity index (χ1n) is 6.05. The van der Waals surface area contributed by atoms with Crippen LogP contribution in [0.5, 0.6) is 0 Å². The van der Waals surface area contributed by atoms with Gasteiger partial charge in [0.25, 0.3) is 0 Å². The quantitative estimate of drug-likeness (QED) is 0.577. The smallest absolute Gasteiger partial charge is 0.0739 e. The van der Waals surface area contributed by atoms with Gasteiger partial charge in [0.15, 0.2) is 0 Å². The van der Waals surface area contributed by atoms with Crippen molar-refractivity contribution in [1.82, 2.24) is 0 Å². The van der Waals surface area contributed by atoms with Crippen molar-refractivity contribution in [3.63, 3.8) is 0 Å². The minimum absolute atomic E-state index is 0.00444. The molecule has 0 aliphatic heterocycles. The lowest BCUT2D eigenvalue weighted by atomic mass is 9.70. The van der Waals surface area contributed by atoms with Crippen LogP contribution in [0.1, 0.15) is 60.8 Å². The molecular weight excluding hydrogens is 183 g/mol. The Kier molecular flexibility index (Phi) is 5.94. The predicted octanol–water partition coefficient (Wildman–Crippen LogP) is 3.97. The summed E-state index contributed by atoms with van der Waals surface area (Å²) in [6.45, 7) is 13.7. The van der Waals surface area contributed by atoms with Crippen LogP contribution in [-0.4, -0.2) is 20.1 Å². The first-order valence-corrected chi connectivity index (χ1v) is 6.05. The molecule has 0 aliphatic carbocycles. The van der Waals surface area contributed by atoms with Gasteiger partial charge < -0.3 is 4.74 Å². The highest BCUT2D eigenvalue weighted by Gasteiger charge is 2.19. The molecule has 0 bridgehead atoms. The average molecular weight is 210 g/mol. The summed E-state index contributed by atoms with van der Waals surface area (Å²) in [4.78, 5) is 0. The fourth-order valence-corrected chi connectivity index (χ4v) is 1.30. The second-order valence-electron chi connectivity index (χ2n) is 6.28. The number of ether oxygens (including phenoxy) is 1. The van der Waals surface area contributed by atoms with Crippen molar-refractivity contribution in [3.05, 3.63) is 0 Å². The Morgan fingerprint density at radius 2 is 1.60 bits per heavy atom. The van der Waals surface area contributed by atoms with E-state index in [9.17, 15) is 0 Å². The monoisotopic (exact) mass is 210 g/mol. The van der Waals surface area contributed by atoms with E-state index in [1.165, 1.54) is 6.42 Å². The maximum Gasteiger partial charge on any atom is 0.0739 e. The normalized spacial score (nSPS) is 13.5. The molecule has 2 radical (unpaired) electrons. The van der Waals surface area contributed by atoms with E-state index in [2.05, 4.69) is 27.7 Å². The first-order chi connectivity index (χ1) is 6.62. The summed E-state index contributed by atoms with van der Waals surface area (Å²) in [5, 5.41) is -0.117. The van der Waals surface area contributed by atoms with Crippen LogP contribution in [0.2, 0.25) is 5.31 Å². The lowest BCUT2D eigenvalue weighted by Crippen LogP contribution is -2.26. The van der Waals surface area contributed by atoms with Gasteiger partial charge in [0.1, 0.15) is 0 Å². The van der Waals surface area contributed by atoms with E-state index >= 15 is 0 Å². The molecule has 88 valence electrons. The summed E-state index contributed by atoms with van der Waals surface area (Å²) in [6, 6.07) is 0. The first kappa shape index (κ1) is 15.0. The van der Waals surface area contributed by atoms with Crippen molar-refractivity contribution >= 4 is 7.85 Å². The molecule has 1 nitrogen and oxygen atoms in total. The third-order valence-corrected chi connectivity index (χ3v) is 2.56. The lowest BCUT2D eigenvalue weighted by molar-refractivity contribution is -0.0300. The van der Waals surface area contributed by atoms with Gasteiger partial charge in [-0.1, -0.05) is 33.0 Å². The Labute approximate surface area is 97.4 Å². The molecule has 0 aromatic carbocycles. The van der Waals surface area contributed by atoms with Gasteiger partial charge in [-0.3, -0.25) is 0 Å². The Balaban J connectivity index is 3.74. The van der Waals surface area contributed by atoms with Gasteiger partial charge in [-0.05, 0) is 39.0 Å². The molecule has 0 aromatic heterocycles. The highest BCUT2D eigenvalue weighted by atomic mass is 16.5. The fourth-order valence-electron chi connectivity index (χ4n) is 1.30. The maximum absolute atomic E-state index is 5.91. The molecule has 0 fully saturated rings. The fraction of sp³-hybridized carbons (Fsp3) is 1.00. The Morgan fingerprint density at radius 1 is 1.07 bits per heavy atom.